The number of rotatable bonds is 5. The molecule has 0 fully saturated rings. The molecule has 8 heteroatoms. The second kappa shape index (κ2) is 7.27. The van der Waals surface area contributed by atoms with Gasteiger partial charge in [-0.25, -0.2) is 19.6 Å². The molecule has 128 valence electrons. The zero-order valence-electron chi connectivity index (χ0n) is 13.6. The highest BCUT2D eigenvalue weighted by molar-refractivity contribution is 7.17. The fraction of sp³-hybridized carbons (Fsp3) is 0.176. The number of nitrogens with zero attached hydrogens (tertiary/aromatic N) is 2. The van der Waals surface area contributed by atoms with Gasteiger partial charge in [-0.3, -0.25) is 0 Å². The number of aromatic nitrogens is 2. The Morgan fingerprint density at radius 1 is 1.24 bits per heavy atom. The van der Waals surface area contributed by atoms with E-state index in [4.69, 9.17) is 9.47 Å². The van der Waals surface area contributed by atoms with Gasteiger partial charge < -0.3 is 14.8 Å². The van der Waals surface area contributed by atoms with E-state index in [1.165, 1.54) is 24.8 Å². The van der Waals surface area contributed by atoms with Crippen LogP contribution >= 0.6 is 11.3 Å². The lowest BCUT2D eigenvalue weighted by Gasteiger charge is -2.09. The van der Waals surface area contributed by atoms with Crippen LogP contribution in [0.15, 0.2) is 36.0 Å². The van der Waals surface area contributed by atoms with E-state index in [0.29, 0.717) is 32.8 Å². The fourth-order valence-electron chi connectivity index (χ4n) is 2.31. The normalized spacial score (nSPS) is 10.5. The zero-order chi connectivity index (χ0) is 17.8. The standard InChI is InChI=1S/C17H15N3O4S/c1-3-24-17(22)12-8-25-15-13(12)14(18-9-19-15)20-11-6-4-5-10(7-11)16(21)23-2/h4-9H,3H2,1-2H3,(H,18,19,20). The Labute approximate surface area is 147 Å². The molecule has 0 spiro atoms. The summed E-state index contributed by atoms with van der Waals surface area (Å²) in [4.78, 5) is 32.9. The Balaban J connectivity index is 2.00. The van der Waals surface area contributed by atoms with Crippen molar-refractivity contribution in [2.24, 2.45) is 0 Å². The van der Waals surface area contributed by atoms with Crippen molar-refractivity contribution in [3.8, 4) is 0 Å². The Hall–Kier alpha value is -3.00. The number of carbonyl (C=O) groups is 2. The van der Waals surface area contributed by atoms with Crippen LogP contribution in [-0.4, -0.2) is 35.6 Å². The molecular formula is C17H15N3O4S. The average molecular weight is 357 g/mol. The smallest absolute Gasteiger partial charge is 0.339 e. The predicted octanol–water partition coefficient (Wildman–Crippen LogP) is 3.40. The molecule has 0 aliphatic carbocycles. The number of fused-ring (bicyclic) bond motifs is 1. The number of anilines is 2. The van der Waals surface area contributed by atoms with E-state index < -0.39 is 11.9 Å². The van der Waals surface area contributed by atoms with Crippen LogP contribution in [-0.2, 0) is 9.47 Å². The molecule has 3 aromatic rings. The lowest BCUT2D eigenvalue weighted by molar-refractivity contribution is 0.0528. The van der Waals surface area contributed by atoms with Gasteiger partial charge in [-0.15, -0.1) is 11.3 Å². The molecule has 1 aromatic carbocycles. The van der Waals surface area contributed by atoms with E-state index in [0.717, 1.165) is 0 Å². The van der Waals surface area contributed by atoms with Gasteiger partial charge in [0.25, 0.3) is 0 Å². The number of carbonyl (C=O) groups excluding carboxylic acids is 2. The van der Waals surface area contributed by atoms with Gasteiger partial charge >= 0.3 is 11.9 Å². The first kappa shape index (κ1) is 16.8. The lowest BCUT2D eigenvalue weighted by atomic mass is 10.2. The highest BCUT2D eigenvalue weighted by atomic mass is 32.1. The van der Waals surface area contributed by atoms with Crippen LogP contribution in [0.4, 0.5) is 11.5 Å². The molecule has 0 saturated heterocycles. The molecule has 0 saturated carbocycles. The predicted molar refractivity (Wildman–Crippen MR) is 94.4 cm³/mol. The van der Waals surface area contributed by atoms with Crippen molar-refractivity contribution in [2.75, 3.05) is 19.0 Å². The van der Waals surface area contributed by atoms with Gasteiger partial charge in [-0.05, 0) is 25.1 Å². The molecule has 25 heavy (non-hydrogen) atoms. The third kappa shape index (κ3) is 3.43. The molecule has 7 nitrogen and oxygen atoms in total. The van der Waals surface area contributed by atoms with E-state index in [9.17, 15) is 9.59 Å². The van der Waals surface area contributed by atoms with Crippen molar-refractivity contribution in [2.45, 2.75) is 6.92 Å². The first-order valence-corrected chi connectivity index (χ1v) is 8.36. The highest BCUT2D eigenvalue weighted by Gasteiger charge is 2.18. The number of benzene rings is 1. The van der Waals surface area contributed by atoms with Gasteiger partial charge in [0.05, 0.1) is 30.2 Å². The van der Waals surface area contributed by atoms with Gasteiger partial charge in [-0.2, -0.15) is 0 Å². The van der Waals surface area contributed by atoms with Gasteiger partial charge in [0.1, 0.15) is 17.0 Å². The van der Waals surface area contributed by atoms with Crippen molar-refractivity contribution in [3.05, 3.63) is 47.1 Å². The largest absolute Gasteiger partial charge is 0.465 e. The molecule has 0 bridgehead atoms. The maximum atomic E-state index is 12.1. The molecule has 0 amide bonds. The summed E-state index contributed by atoms with van der Waals surface area (Å²) in [7, 11) is 1.33. The Kier molecular flexibility index (Phi) is 4.90. The number of hydrogen-bond donors (Lipinski definition) is 1. The molecule has 0 aliphatic rings. The molecule has 2 heterocycles. The molecule has 0 atom stereocenters. The number of nitrogens with one attached hydrogen (secondary N) is 1. The highest BCUT2D eigenvalue weighted by Crippen LogP contribution is 2.31. The molecule has 3 rings (SSSR count). The van der Waals surface area contributed by atoms with Crippen LogP contribution < -0.4 is 5.32 Å². The van der Waals surface area contributed by atoms with E-state index in [1.54, 1.807) is 36.6 Å². The van der Waals surface area contributed by atoms with E-state index in [-0.39, 0.29) is 6.61 Å². The van der Waals surface area contributed by atoms with Crippen molar-refractivity contribution in [1.29, 1.82) is 0 Å². The third-order valence-electron chi connectivity index (χ3n) is 3.41. The van der Waals surface area contributed by atoms with E-state index in [2.05, 4.69) is 15.3 Å². The summed E-state index contributed by atoms with van der Waals surface area (Å²) in [5.74, 6) is -0.384. The second-order valence-electron chi connectivity index (χ2n) is 4.97. The number of esters is 2. The minimum absolute atomic E-state index is 0.286. The summed E-state index contributed by atoms with van der Waals surface area (Å²) in [5, 5.41) is 5.42. The summed E-state index contributed by atoms with van der Waals surface area (Å²) in [6.45, 7) is 2.04. The van der Waals surface area contributed by atoms with Crippen LogP contribution in [0.2, 0.25) is 0 Å². The molecule has 0 radical (unpaired) electrons. The van der Waals surface area contributed by atoms with E-state index >= 15 is 0 Å². The number of methoxy groups -OCH3 is 1. The quantitative estimate of drug-likeness (QED) is 0.700. The molecule has 0 unspecified atom stereocenters. The van der Waals surface area contributed by atoms with Crippen molar-refractivity contribution in [3.63, 3.8) is 0 Å². The first-order chi connectivity index (χ1) is 12.1. The van der Waals surface area contributed by atoms with Crippen LogP contribution in [0.25, 0.3) is 10.2 Å². The maximum Gasteiger partial charge on any atom is 0.339 e. The van der Waals surface area contributed by atoms with Crippen molar-refractivity contribution >= 4 is 45.0 Å². The van der Waals surface area contributed by atoms with Gasteiger partial charge in [0.15, 0.2) is 0 Å². The SMILES string of the molecule is CCOC(=O)c1csc2ncnc(Nc3cccc(C(=O)OC)c3)c12. The minimum atomic E-state index is -0.431. The molecule has 1 N–H and O–H groups in total. The summed E-state index contributed by atoms with van der Waals surface area (Å²) in [5.41, 5.74) is 1.46. The Morgan fingerprint density at radius 2 is 2.08 bits per heavy atom. The van der Waals surface area contributed by atoms with Crippen LogP contribution in [0, 0.1) is 0 Å². The number of hydrogen-bond acceptors (Lipinski definition) is 8. The van der Waals surface area contributed by atoms with Crippen LogP contribution in [0.3, 0.4) is 0 Å². The van der Waals surface area contributed by atoms with Crippen molar-refractivity contribution in [1.82, 2.24) is 9.97 Å². The third-order valence-corrected chi connectivity index (χ3v) is 4.30. The van der Waals surface area contributed by atoms with E-state index in [1.807, 2.05) is 0 Å². The fourth-order valence-corrected chi connectivity index (χ4v) is 3.18. The van der Waals surface area contributed by atoms with Gasteiger partial charge in [0.2, 0.25) is 0 Å². The van der Waals surface area contributed by atoms with Crippen molar-refractivity contribution < 1.29 is 19.1 Å². The zero-order valence-corrected chi connectivity index (χ0v) is 14.4. The molecule has 0 aliphatic heterocycles. The maximum absolute atomic E-state index is 12.1. The van der Waals surface area contributed by atoms with Crippen LogP contribution in [0.5, 0.6) is 0 Å². The molecule has 2 aromatic heterocycles. The van der Waals surface area contributed by atoms with Gasteiger partial charge in [-0.1, -0.05) is 6.07 Å². The Morgan fingerprint density at radius 3 is 2.84 bits per heavy atom. The first-order valence-electron chi connectivity index (χ1n) is 7.48. The Bertz CT molecular complexity index is 939. The second-order valence-corrected chi connectivity index (χ2v) is 5.83. The summed E-state index contributed by atoms with van der Waals surface area (Å²) >= 11 is 1.34. The monoisotopic (exact) mass is 357 g/mol. The molecular weight excluding hydrogens is 342 g/mol. The summed E-state index contributed by atoms with van der Waals surface area (Å²) in [6, 6.07) is 6.82. The van der Waals surface area contributed by atoms with Crippen LogP contribution in [0.1, 0.15) is 27.6 Å². The number of ether oxygens (including phenoxy) is 2. The number of thiophene rings is 1. The summed E-state index contributed by atoms with van der Waals surface area (Å²) in [6.07, 6.45) is 1.42. The lowest BCUT2D eigenvalue weighted by Crippen LogP contribution is -2.05. The summed E-state index contributed by atoms with van der Waals surface area (Å²) < 4.78 is 9.81. The average Bonchev–Trinajstić information content (AvgIpc) is 3.07. The van der Waals surface area contributed by atoms with Gasteiger partial charge in [0, 0.05) is 11.1 Å². The topological polar surface area (TPSA) is 90.4 Å². The minimum Gasteiger partial charge on any atom is -0.465 e.